The molecule has 0 aliphatic rings. The summed E-state index contributed by atoms with van der Waals surface area (Å²) in [4.78, 5) is 25.5. The SMILES string of the molecule is Cc1cnc(Cc2cccc(C(=O)O)c2)c([N+](=O)[O-])c1. The fourth-order valence-corrected chi connectivity index (χ4v) is 1.88. The minimum absolute atomic E-state index is 0.0503. The molecule has 2 rings (SSSR count). The van der Waals surface area contributed by atoms with Crippen molar-refractivity contribution >= 4 is 11.7 Å². The molecule has 1 N–H and O–H groups in total. The zero-order valence-corrected chi connectivity index (χ0v) is 10.7. The summed E-state index contributed by atoms with van der Waals surface area (Å²) in [5, 5.41) is 19.9. The highest BCUT2D eigenvalue weighted by atomic mass is 16.6. The molecule has 6 heteroatoms. The molecule has 0 saturated carbocycles. The van der Waals surface area contributed by atoms with E-state index < -0.39 is 10.9 Å². The lowest BCUT2D eigenvalue weighted by Crippen LogP contribution is -2.02. The van der Waals surface area contributed by atoms with E-state index in [9.17, 15) is 14.9 Å². The van der Waals surface area contributed by atoms with E-state index in [1.54, 1.807) is 25.3 Å². The maximum atomic E-state index is 11.0. The molecule has 0 spiro atoms. The maximum Gasteiger partial charge on any atom is 0.335 e. The third kappa shape index (κ3) is 2.97. The van der Waals surface area contributed by atoms with E-state index in [0.29, 0.717) is 16.8 Å². The second-order valence-corrected chi connectivity index (χ2v) is 4.42. The van der Waals surface area contributed by atoms with Crippen LogP contribution in [0.2, 0.25) is 0 Å². The van der Waals surface area contributed by atoms with E-state index >= 15 is 0 Å². The summed E-state index contributed by atoms with van der Waals surface area (Å²) < 4.78 is 0. The summed E-state index contributed by atoms with van der Waals surface area (Å²) in [6.45, 7) is 1.73. The Morgan fingerprint density at radius 2 is 2.15 bits per heavy atom. The predicted octanol–water partition coefficient (Wildman–Crippen LogP) is 2.59. The van der Waals surface area contributed by atoms with E-state index in [1.165, 1.54) is 18.2 Å². The number of rotatable bonds is 4. The van der Waals surface area contributed by atoms with Crippen LogP contribution in [-0.2, 0) is 6.42 Å². The monoisotopic (exact) mass is 272 g/mol. The minimum atomic E-state index is -1.03. The maximum absolute atomic E-state index is 11.0. The van der Waals surface area contributed by atoms with Gasteiger partial charge in [0.25, 0.3) is 5.69 Å². The van der Waals surface area contributed by atoms with Gasteiger partial charge < -0.3 is 5.11 Å². The van der Waals surface area contributed by atoms with Gasteiger partial charge >= 0.3 is 5.97 Å². The number of hydrogen-bond acceptors (Lipinski definition) is 4. The van der Waals surface area contributed by atoms with Gasteiger partial charge in [0.2, 0.25) is 0 Å². The molecule has 6 nitrogen and oxygen atoms in total. The first kappa shape index (κ1) is 13.7. The van der Waals surface area contributed by atoms with Crippen LogP contribution in [0, 0.1) is 17.0 Å². The molecule has 0 saturated heterocycles. The molecule has 0 aliphatic heterocycles. The van der Waals surface area contributed by atoms with Crippen molar-refractivity contribution in [3.8, 4) is 0 Å². The number of aromatic nitrogens is 1. The second kappa shape index (κ2) is 5.48. The summed E-state index contributed by atoms with van der Waals surface area (Å²) >= 11 is 0. The Kier molecular flexibility index (Phi) is 3.74. The predicted molar refractivity (Wildman–Crippen MR) is 71.8 cm³/mol. The van der Waals surface area contributed by atoms with E-state index in [-0.39, 0.29) is 17.7 Å². The molecular weight excluding hydrogens is 260 g/mol. The highest BCUT2D eigenvalue weighted by molar-refractivity contribution is 5.87. The Bertz CT molecular complexity index is 683. The van der Waals surface area contributed by atoms with Crippen molar-refractivity contribution in [3.05, 3.63) is 69.0 Å². The van der Waals surface area contributed by atoms with Gasteiger partial charge in [0.1, 0.15) is 5.69 Å². The highest BCUT2D eigenvalue weighted by Crippen LogP contribution is 2.21. The first-order valence-electron chi connectivity index (χ1n) is 5.89. The van der Waals surface area contributed by atoms with Crippen molar-refractivity contribution in [2.75, 3.05) is 0 Å². The number of nitrogens with zero attached hydrogens (tertiary/aromatic N) is 2. The first-order chi connectivity index (χ1) is 9.47. The highest BCUT2D eigenvalue weighted by Gasteiger charge is 2.16. The minimum Gasteiger partial charge on any atom is -0.478 e. The molecule has 0 atom stereocenters. The topological polar surface area (TPSA) is 93.3 Å². The van der Waals surface area contributed by atoms with Gasteiger partial charge in [0.15, 0.2) is 0 Å². The molecule has 20 heavy (non-hydrogen) atoms. The van der Waals surface area contributed by atoms with Crippen molar-refractivity contribution < 1.29 is 14.8 Å². The molecule has 0 radical (unpaired) electrons. The van der Waals surface area contributed by atoms with Crippen LogP contribution < -0.4 is 0 Å². The third-order valence-electron chi connectivity index (χ3n) is 2.83. The number of aromatic carboxylic acids is 1. The Labute approximate surface area is 114 Å². The molecule has 0 bridgehead atoms. The molecule has 0 fully saturated rings. The van der Waals surface area contributed by atoms with Crippen molar-refractivity contribution in [1.82, 2.24) is 4.98 Å². The number of carboxylic acids is 1. The number of pyridine rings is 1. The molecule has 2 aromatic rings. The summed E-state index contributed by atoms with van der Waals surface area (Å²) in [5.41, 5.74) is 1.80. The van der Waals surface area contributed by atoms with Gasteiger partial charge in [-0.25, -0.2) is 4.79 Å². The van der Waals surface area contributed by atoms with Crippen molar-refractivity contribution in [2.45, 2.75) is 13.3 Å². The van der Waals surface area contributed by atoms with Gasteiger partial charge in [-0.3, -0.25) is 15.1 Å². The molecule has 1 aromatic heterocycles. The van der Waals surface area contributed by atoms with Gasteiger partial charge in [-0.05, 0) is 30.2 Å². The number of carbonyl (C=O) groups is 1. The van der Waals surface area contributed by atoms with Gasteiger partial charge in [-0.15, -0.1) is 0 Å². The molecule has 1 heterocycles. The molecule has 0 aliphatic carbocycles. The number of benzene rings is 1. The van der Waals surface area contributed by atoms with Crippen molar-refractivity contribution in [2.24, 2.45) is 0 Å². The zero-order chi connectivity index (χ0) is 14.7. The molecule has 0 amide bonds. The van der Waals surface area contributed by atoms with Crippen LogP contribution in [0.25, 0.3) is 0 Å². The van der Waals surface area contributed by atoms with Crippen LogP contribution in [0.15, 0.2) is 36.5 Å². The summed E-state index contributed by atoms with van der Waals surface area (Å²) in [7, 11) is 0. The second-order valence-electron chi connectivity index (χ2n) is 4.42. The lowest BCUT2D eigenvalue weighted by molar-refractivity contribution is -0.385. The van der Waals surface area contributed by atoms with Gasteiger partial charge in [-0.1, -0.05) is 12.1 Å². The number of aryl methyl sites for hydroxylation is 1. The smallest absolute Gasteiger partial charge is 0.335 e. The van der Waals surface area contributed by atoms with E-state index in [2.05, 4.69) is 4.98 Å². The fourth-order valence-electron chi connectivity index (χ4n) is 1.88. The normalized spacial score (nSPS) is 10.2. The van der Waals surface area contributed by atoms with Crippen LogP contribution in [0.4, 0.5) is 5.69 Å². The summed E-state index contributed by atoms with van der Waals surface area (Å²) in [5.74, 6) is -1.03. The Hall–Kier alpha value is -2.76. The van der Waals surface area contributed by atoms with Gasteiger partial charge in [0, 0.05) is 18.7 Å². The number of hydrogen-bond donors (Lipinski definition) is 1. The standard InChI is InChI=1S/C14H12N2O4/c1-9-5-13(16(19)20)12(15-8-9)7-10-3-2-4-11(6-10)14(17)18/h2-6,8H,7H2,1H3,(H,17,18). The van der Waals surface area contributed by atoms with E-state index in [1.807, 2.05) is 0 Å². The van der Waals surface area contributed by atoms with Crippen LogP contribution in [0.1, 0.15) is 27.2 Å². The van der Waals surface area contributed by atoms with Crippen molar-refractivity contribution in [3.63, 3.8) is 0 Å². The van der Waals surface area contributed by atoms with Crippen molar-refractivity contribution in [1.29, 1.82) is 0 Å². The average Bonchev–Trinajstić information content (AvgIpc) is 2.41. The van der Waals surface area contributed by atoms with E-state index in [0.717, 1.165) is 0 Å². The quantitative estimate of drug-likeness (QED) is 0.682. The third-order valence-corrected chi connectivity index (χ3v) is 2.83. The Morgan fingerprint density at radius 3 is 2.80 bits per heavy atom. The lowest BCUT2D eigenvalue weighted by atomic mass is 10.0. The zero-order valence-electron chi connectivity index (χ0n) is 10.7. The first-order valence-corrected chi connectivity index (χ1v) is 5.89. The number of carboxylic acid groups (broad SMARTS) is 1. The fraction of sp³-hybridized carbons (Fsp3) is 0.143. The summed E-state index contributed by atoms with van der Waals surface area (Å²) in [6.07, 6.45) is 1.78. The number of nitro groups is 1. The molecule has 1 aromatic carbocycles. The van der Waals surface area contributed by atoms with Gasteiger partial charge in [0.05, 0.1) is 10.5 Å². The lowest BCUT2D eigenvalue weighted by Gasteiger charge is -2.04. The summed E-state index contributed by atoms with van der Waals surface area (Å²) in [6, 6.07) is 7.76. The van der Waals surface area contributed by atoms with Crippen LogP contribution in [0.5, 0.6) is 0 Å². The molecule has 0 unspecified atom stereocenters. The Morgan fingerprint density at radius 1 is 1.40 bits per heavy atom. The van der Waals surface area contributed by atoms with Gasteiger partial charge in [-0.2, -0.15) is 0 Å². The van der Waals surface area contributed by atoms with Crippen LogP contribution in [-0.4, -0.2) is 21.0 Å². The molecular formula is C14H12N2O4. The van der Waals surface area contributed by atoms with Crippen LogP contribution in [0.3, 0.4) is 0 Å². The van der Waals surface area contributed by atoms with Crippen LogP contribution >= 0.6 is 0 Å². The van der Waals surface area contributed by atoms with E-state index in [4.69, 9.17) is 5.11 Å². The average molecular weight is 272 g/mol. The molecule has 102 valence electrons. The largest absolute Gasteiger partial charge is 0.478 e. The Balaban J connectivity index is 2.37.